The Morgan fingerprint density at radius 3 is 1.41 bits per heavy atom. The van der Waals surface area contributed by atoms with Crippen molar-refractivity contribution in [1.82, 2.24) is 9.80 Å². The number of carboxylic acids is 1. The highest BCUT2D eigenvalue weighted by Crippen LogP contribution is 2.50. The molecule has 2 aliphatic heterocycles. The molecular formula is C72H84N4O6S. The van der Waals surface area contributed by atoms with E-state index in [9.17, 15) is 15.2 Å². The van der Waals surface area contributed by atoms with Crippen molar-refractivity contribution in [3.63, 3.8) is 0 Å². The Kier molecular flexibility index (Phi) is 22.6. The van der Waals surface area contributed by atoms with Gasteiger partial charge in [-0.3, -0.25) is 9.59 Å². The molecule has 0 aliphatic carbocycles. The number of amides is 2. The van der Waals surface area contributed by atoms with Gasteiger partial charge in [0.2, 0.25) is 0 Å². The summed E-state index contributed by atoms with van der Waals surface area (Å²) in [5.41, 5.74) is 9.29. The van der Waals surface area contributed by atoms with Gasteiger partial charge in [0, 0.05) is 35.0 Å². The summed E-state index contributed by atoms with van der Waals surface area (Å²) in [6.45, 7) is 15.7. The average Bonchev–Trinajstić information content (AvgIpc) is 2.33. The van der Waals surface area contributed by atoms with Crippen molar-refractivity contribution in [2.75, 3.05) is 31.2 Å². The van der Waals surface area contributed by atoms with Crippen LogP contribution in [0, 0.1) is 23.2 Å². The number of nitrogens with zero attached hydrogens (tertiary/aromatic N) is 4. The van der Waals surface area contributed by atoms with Gasteiger partial charge in [0.25, 0.3) is 11.8 Å². The van der Waals surface area contributed by atoms with Gasteiger partial charge in [-0.25, -0.2) is 4.79 Å². The maximum Gasteiger partial charge on any atom is 0.346 e. The lowest BCUT2D eigenvalue weighted by molar-refractivity contribution is -0.132. The highest BCUT2D eigenvalue weighted by atomic mass is 32.1. The van der Waals surface area contributed by atoms with Gasteiger partial charge in [0.15, 0.2) is 0 Å². The molecule has 1 aromatic heterocycles. The van der Waals surface area contributed by atoms with Gasteiger partial charge >= 0.3 is 5.97 Å². The van der Waals surface area contributed by atoms with Gasteiger partial charge in [-0.05, 0) is 144 Å². The zero-order valence-electron chi connectivity index (χ0n) is 49.8. The fourth-order valence-corrected chi connectivity index (χ4v) is 12.3. The van der Waals surface area contributed by atoms with Crippen LogP contribution in [0.4, 0.5) is 17.1 Å². The molecule has 2 atom stereocenters. The Bertz CT molecular complexity index is 3180. The molecule has 0 fully saturated rings. The predicted octanol–water partition coefficient (Wildman–Crippen LogP) is 18.7. The number of hydrogen-bond donors (Lipinski definition) is 1. The molecule has 5 aromatic carbocycles. The van der Waals surface area contributed by atoms with Crippen molar-refractivity contribution in [2.45, 2.75) is 144 Å². The number of nitriles is 1. The van der Waals surface area contributed by atoms with Gasteiger partial charge in [-0.15, -0.1) is 11.3 Å². The van der Waals surface area contributed by atoms with Crippen molar-refractivity contribution >= 4 is 63.7 Å². The van der Waals surface area contributed by atoms with E-state index in [0.29, 0.717) is 54.4 Å². The van der Waals surface area contributed by atoms with E-state index in [2.05, 4.69) is 131 Å². The minimum absolute atomic E-state index is 0.124. The molecule has 434 valence electrons. The largest absolute Gasteiger partial charge is 0.494 e. The average molecular weight is 1130 g/mol. The van der Waals surface area contributed by atoms with E-state index >= 15 is 9.59 Å². The monoisotopic (exact) mass is 1130 g/mol. The summed E-state index contributed by atoms with van der Waals surface area (Å²) in [5.74, 6) is 0.702. The minimum Gasteiger partial charge on any atom is -0.494 e. The maximum atomic E-state index is 15.5. The van der Waals surface area contributed by atoms with E-state index in [0.717, 1.165) is 125 Å². The van der Waals surface area contributed by atoms with Gasteiger partial charge < -0.3 is 29.3 Å². The van der Waals surface area contributed by atoms with Crippen LogP contribution in [-0.2, 0) is 14.4 Å². The molecule has 8 rings (SSSR count). The van der Waals surface area contributed by atoms with Gasteiger partial charge in [-0.1, -0.05) is 179 Å². The molecule has 0 radical (unpaired) electrons. The lowest BCUT2D eigenvalue weighted by atomic mass is 9.97. The number of benzene rings is 5. The number of rotatable bonds is 33. The van der Waals surface area contributed by atoms with Crippen LogP contribution >= 0.6 is 11.3 Å². The number of anilines is 3. The minimum atomic E-state index is -1.27. The molecule has 10 nitrogen and oxygen atoms in total. The van der Waals surface area contributed by atoms with E-state index < -0.39 is 5.97 Å². The number of hydrogen-bond acceptors (Lipinski definition) is 8. The summed E-state index contributed by atoms with van der Waals surface area (Å²) < 4.78 is 12.3. The van der Waals surface area contributed by atoms with Gasteiger partial charge in [-0.2, -0.15) is 5.26 Å². The fourth-order valence-electron chi connectivity index (χ4n) is 11.2. The number of carbonyl (C=O) groups is 3. The summed E-state index contributed by atoms with van der Waals surface area (Å²) in [4.78, 5) is 50.6. The Balaban J connectivity index is 1.16. The summed E-state index contributed by atoms with van der Waals surface area (Å²) in [6, 6.07) is 46.8. The Morgan fingerprint density at radius 1 is 0.530 bits per heavy atom. The molecule has 2 amide bonds. The standard InChI is InChI=1S/C72H84N4O6S/c1-7-13-17-19-45-81-62-39-35-60(36-40-62)76(61-37-41-63(42-38-61)82-46-20-18-14-8-2)59-33-31-56(32-34-59)64-43-44-65(83-64)69-67-66(70(77)75(69)50-52(12-6)22-16-10-4)68(74(71(67)78)49-51(11-5)21-15-9-3)57-29-27-55(28-30-57)54-25-23-53(24-26-54)47-58(48-73)72(79)80/h23-44,47,51-52H,7-22,45-46,49-50H2,1-6H3,(H,79,80)/b58-47+. The summed E-state index contributed by atoms with van der Waals surface area (Å²) in [5, 5.41) is 18.7. The topological polar surface area (TPSA) is 123 Å². The molecule has 83 heavy (non-hydrogen) atoms. The molecule has 3 heterocycles. The van der Waals surface area contributed by atoms with Crippen molar-refractivity contribution in [3.8, 4) is 39.1 Å². The van der Waals surface area contributed by atoms with E-state index in [1.807, 2.05) is 46.2 Å². The van der Waals surface area contributed by atoms with Crippen LogP contribution in [0.2, 0.25) is 0 Å². The van der Waals surface area contributed by atoms with Crippen molar-refractivity contribution in [1.29, 1.82) is 5.26 Å². The molecule has 0 bridgehead atoms. The molecule has 6 aromatic rings. The second-order valence-corrected chi connectivity index (χ2v) is 23.2. The zero-order valence-corrected chi connectivity index (χ0v) is 50.6. The van der Waals surface area contributed by atoms with Crippen molar-refractivity contribution in [2.24, 2.45) is 11.8 Å². The van der Waals surface area contributed by atoms with E-state index in [4.69, 9.17) is 9.47 Å². The van der Waals surface area contributed by atoms with Gasteiger partial charge in [0.1, 0.15) is 23.1 Å². The molecule has 11 heteroatoms. The highest BCUT2D eigenvalue weighted by Gasteiger charge is 2.49. The number of fused-ring (bicyclic) bond motifs is 1. The van der Waals surface area contributed by atoms with Crippen LogP contribution in [0.1, 0.15) is 160 Å². The second-order valence-electron chi connectivity index (χ2n) is 22.1. The van der Waals surface area contributed by atoms with Crippen molar-refractivity contribution < 1.29 is 29.0 Å². The van der Waals surface area contributed by atoms with E-state index in [-0.39, 0.29) is 29.2 Å². The molecule has 0 saturated carbocycles. The number of carbonyl (C=O) groups excluding carboxylic acids is 2. The van der Waals surface area contributed by atoms with Crippen molar-refractivity contribution in [3.05, 3.63) is 166 Å². The van der Waals surface area contributed by atoms with Crippen LogP contribution < -0.4 is 14.4 Å². The first-order valence-electron chi connectivity index (χ1n) is 30.7. The third kappa shape index (κ3) is 15.3. The summed E-state index contributed by atoms with van der Waals surface area (Å²) in [6.07, 6.45) is 18.6. The SMILES string of the molecule is CCCCCCOc1ccc(N(c2ccc(OCCCCCC)cc2)c2ccc(-c3ccc(C4=C5C(=O)N(CC(CC)CCCC)C(c6ccc(-c7ccc(/C=C(\C#N)C(=O)O)cc7)cc6)=C5C(=O)N4CC(CC)CCCC)s3)cc2)cc1. The Hall–Kier alpha value is -7.68. The van der Waals surface area contributed by atoms with E-state index in [1.165, 1.54) is 44.6 Å². The van der Waals surface area contributed by atoms with Crippen LogP contribution in [0.25, 0.3) is 39.0 Å². The number of carboxylic acid groups (broad SMARTS) is 1. The summed E-state index contributed by atoms with van der Waals surface area (Å²) in [7, 11) is 0. The first kappa shape index (κ1) is 61.4. The fraction of sp³-hybridized carbons (Fsp3) is 0.389. The van der Waals surface area contributed by atoms with Crippen LogP contribution in [0.3, 0.4) is 0 Å². The van der Waals surface area contributed by atoms with E-state index in [1.54, 1.807) is 29.5 Å². The first-order chi connectivity index (χ1) is 40.5. The number of unbranched alkanes of at least 4 members (excludes halogenated alkanes) is 8. The van der Waals surface area contributed by atoms with Crippen LogP contribution in [0.15, 0.2) is 150 Å². The lowest BCUT2D eigenvalue weighted by Gasteiger charge is -2.29. The lowest BCUT2D eigenvalue weighted by Crippen LogP contribution is -2.34. The third-order valence-electron chi connectivity index (χ3n) is 16.2. The maximum absolute atomic E-state index is 15.5. The second kappa shape index (κ2) is 30.6. The normalized spacial score (nSPS) is 14.1. The molecular weight excluding hydrogens is 1050 g/mol. The van der Waals surface area contributed by atoms with Gasteiger partial charge in [0.05, 0.1) is 40.6 Å². The number of ether oxygens (including phenoxy) is 2. The summed E-state index contributed by atoms with van der Waals surface area (Å²) >= 11 is 1.62. The number of aliphatic carboxylic acids is 1. The molecule has 0 spiro atoms. The Labute approximate surface area is 497 Å². The number of thiophene rings is 1. The van der Waals surface area contributed by atoms with Crippen LogP contribution in [0.5, 0.6) is 11.5 Å². The molecule has 2 aliphatic rings. The quantitative estimate of drug-likeness (QED) is 0.0246. The predicted molar refractivity (Wildman–Crippen MR) is 341 cm³/mol. The molecule has 2 unspecified atom stereocenters. The smallest absolute Gasteiger partial charge is 0.346 e. The third-order valence-corrected chi connectivity index (χ3v) is 17.3. The first-order valence-corrected chi connectivity index (χ1v) is 31.5. The van der Waals surface area contributed by atoms with Crippen LogP contribution in [-0.4, -0.2) is 59.0 Å². The molecule has 0 saturated heterocycles. The highest BCUT2D eigenvalue weighted by molar-refractivity contribution is 7.16. The zero-order chi connectivity index (χ0) is 58.7. The molecule has 1 N–H and O–H groups in total. The Morgan fingerprint density at radius 2 is 0.952 bits per heavy atom.